The highest BCUT2D eigenvalue weighted by Crippen LogP contribution is 2.36. The predicted molar refractivity (Wildman–Crippen MR) is 127 cm³/mol. The van der Waals surface area contributed by atoms with E-state index in [2.05, 4.69) is 21.2 Å². The zero-order chi connectivity index (χ0) is 24.4. The molecule has 2 aromatic carbocycles. The van der Waals surface area contributed by atoms with Crippen LogP contribution in [0, 0.1) is 0 Å². The standard InChI is InChI=1S/C22H24Cl2N4O5/c1-4-13(2)26-21(30)22(31)28-25-11-14-9-17(24)20(18(10-14)32-3)33-12-19(29)27-16-7-5-15(23)6-8-16/h5-11,13H,4,12H2,1-3H3,(H,26,30)(H,27,29)(H,28,31)/b25-11-/t13-/m1/s1. The zero-order valence-corrected chi connectivity index (χ0v) is 19.8. The number of nitrogens with zero attached hydrogens (tertiary/aromatic N) is 1. The summed E-state index contributed by atoms with van der Waals surface area (Å²) in [6.07, 6.45) is 1.98. The van der Waals surface area contributed by atoms with Crippen molar-refractivity contribution in [1.29, 1.82) is 0 Å². The number of hydrazone groups is 1. The fraction of sp³-hybridized carbons (Fsp3) is 0.273. The molecule has 0 saturated heterocycles. The van der Waals surface area contributed by atoms with Crippen LogP contribution in [0.2, 0.25) is 10.0 Å². The second kappa shape index (κ2) is 12.7. The Labute approximate surface area is 201 Å². The molecule has 3 amide bonds. The van der Waals surface area contributed by atoms with Crippen molar-refractivity contribution in [1.82, 2.24) is 10.7 Å². The van der Waals surface area contributed by atoms with Crippen molar-refractivity contribution < 1.29 is 23.9 Å². The fourth-order valence-corrected chi connectivity index (χ4v) is 2.83. The minimum Gasteiger partial charge on any atom is -0.493 e. The van der Waals surface area contributed by atoms with Gasteiger partial charge in [0.05, 0.1) is 18.3 Å². The lowest BCUT2D eigenvalue weighted by molar-refractivity contribution is -0.139. The van der Waals surface area contributed by atoms with Gasteiger partial charge >= 0.3 is 11.8 Å². The summed E-state index contributed by atoms with van der Waals surface area (Å²) in [6.45, 7) is 3.36. The average Bonchev–Trinajstić information content (AvgIpc) is 2.79. The minimum atomic E-state index is -0.892. The third kappa shape index (κ3) is 8.28. The number of ether oxygens (including phenoxy) is 2. The van der Waals surface area contributed by atoms with E-state index in [0.29, 0.717) is 22.7 Å². The molecule has 176 valence electrons. The first-order valence-corrected chi connectivity index (χ1v) is 10.7. The summed E-state index contributed by atoms with van der Waals surface area (Å²) in [4.78, 5) is 35.6. The zero-order valence-electron chi connectivity index (χ0n) is 18.3. The third-order valence-electron chi connectivity index (χ3n) is 4.30. The number of amides is 3. The molecule has 33 heavy (non-hydrogen) atoms. The number of carbonyl (C=O) groups is 3. The van der Waals surface area contributed by atoms with E-state index in [1.165, 1.54) is 19.4 Å². The summed E-state index contributed by atoms with van der Waals surface area (Å²) < 4.78 is 10.8. The van der Waals surface area contributed by atoms with Crippen molar-refractivity contribution in [2.24, 2.45) is 5.10 Å². The molecule has 0 radical (unpaired) electrons. The number of methoxy groups -OCH3 is 1. The van der Waals surface area contributed by atoms with Crippen molar-refractivity contribution in [2.75, 3.05) is 19.0 Å². The number of hydrogen-bond donors (Lipinski definition) is 3. The predicted octanol–water partition coefficient (Wildman–Crippen LogP) is 3.38. The molecule has 0 saturated carbocycles. The van der Waals surface area contributed by atoms with Crippen LogP contribution in [0.3, 0.4) is 0 Å². The lowest BCUT2D eigenvalue weighted by Crippen LogP contribution is -2.41. The van der Waals surface area contributed by atoms with Crippen LogP contribution in [0.25, 0.3) is 0 Å². The number of nitrogens with one attached hydrogen (secondary N) is 3. The van der Waals surface area contributed by atoms with Gasteiger partial charge in [0.2, 0.25) is 0 Å². The number of halogens is 2. The molecule has 0 aliphatic rings. The Morgan fingerprint density at radius 1 is 1.12 bits per heavy atom. The molecule has 0 unspecified atom stereocenters. The topological polar surface area (TPSA) is 118 Å². The van der Waals surface area contributed by atoms with Gasteiger partial charge in [-0.15, -0.1) is 0 Å². The summed E-state index contributed by atoms with van der Waals surface area (Å²) in [5.41, 5.74) is 3.18. The van der Waals surface area contributed by atoms with E-state index in [4.69, 9.17) is 32.7 Å². The van der Waals surface area contributed by atoms with E-state index in [9.17, 15) is 14.4 Å². The first-order chi connectivity index (χ1) is 15.7. The van der Waals surface area contributed by atoms with Gasteiger partial charge in [-0.1, -0.05) is 30.1 Å². The van der Waals surface area contributed by atoms with Gasteiger partial charge in [-0.05, 0) is 55.3 Å². The van der Waals surface area contributed by atoms with Crippen LogP contribution in [-0.4, -0.2) is 43.7 Å². The molecule has 2 rings (SSSR count). The molecular weight excluding hydrogens is 471 g/mol. The van der Waals surface area contributed by atoms with Crippen LogP contribution < -0.4 is 25.5 Å². The van der Waals surface area contributed by atoms with Gasteiger partial charge in [0.25, 0.3) is 5.91 Å². The Bertz CT molecular complexity index is 1030. The van der Waals surface area contributed by atoms with Crippen molar-refractivity contribution in [2.45, 2.75) is 26.3 Å². The van der Waals surface area contributed by atoms with Crippen LogP contribution in [0.1, 0.15) is 25.8 Å². The van der Waals surface area contributed by atoms with Gasteiger partial charge < -0.3 is 20.1 Å². The van der Waals surface area contributed by atoms with Gasteiger partial charge in [0, 0.05) is 16.8 Å². The lowest BCUT2D eigenvalue weighted by atomic mass is 10.2. The molecule has 9 nitrogen and oxygen atoms in total. The molecule has 0 aliphatic carbocycles. The Balaban J connectivity index is 1.98. The normalized spacial score (nSPS) is 11.5. The van der Waals surface area contributed by atoms with Gasteiger partial charge in [0.15, 0.2) is 18.1 Å². The Hall–Kier alpha value is -3.30. The first kappa shape index (κ1) is 26.0. The number of anilines is 1. The monoisotopic (exact) mass is 494 g/mol. The average molecular weight is 495 g/mol. The number of hydrogen-bond acceptors (Lipinski definition) is 6. The van der Waals surface area contributed by atoms with E-state index in [1.807, 2.05) is 6.92 Å². The molecule has 0 fully saturated rings. The SMILES string of the molecule is CC[C@@H](C)NC(=O)C(=O)N/N=C\c1cc(Cl)c(OCC(=O)Nc2ccc(Cl)cc2)c(OC)c1. The minimum absolute atomic E-state index is 0.129. The van der Waals surface area contributed by atoms with Gasteiger partial charge in [0.1, 0.15) is 0 Å². The summed E-state index contributed by atoms with van der Waals surface area (Å²) in [6, 6.07) is 9.55. The van der Waals surface area contributed by atoms with E-state index < -0.39 is 17.7 Å². The Morgan fingerprint density at radius 2 is 1.82 bits per heavy atom. The number of carbonyl (C=O) groups excluding carboxylic acids is 3. The molecule has 0 aliphatic heterocycles. The molecule has 0 heterocycles. The fourth-order valence-electron chi connectivity index (χ4n) is 2.43. The maximum atomic E-state index is 12.1. The van der Waals surface area contributed by atoms with Gasteiger partial charge in [-0.2, -0.15) is 5.10 Å². The smallest absolute Gasteiger partial charge is 0.329 e. The summed E-state index contributed by atoms with van der Waals surface area (Å²) in [5, 5.41) is 9.67. The third-order valence-corrected chi connectivity index (χ3v) is 4.84. The molecular formula is C22H24Cl2N4O5. The molecule has 3 N–H and O–H groups in total. The number of rotatable bonds is 9. The molecule has 0 spiro atoms. The maximum Gasteiger partial charge on any atom is 0.329 e. The molecule has 0 aromatic heterocycles. The summed E-state index contributed by atoms with van der Waals surface area (Å²) in [7, 11) is 1.41. The lowest BCUT2D eigenvalue weighted by Gasteiger charge is -2.13. The van der Waals surface area contributed by atoms with Crippen LogP contribution in [0.5, 0.6) is 11.5 Å². The summed E-state index contributed by atoms with van der Waals surface area (Å²) in [5.74, 6) is -1.66. The second-order valence-corrected chi connectivity index (χ2v) is 7.70. The Kier molecular flexibility index (Phi) is 9.96. The summed E-state index contributed by atoms with van der Waals surface area (Å²) >= 11 is 12.1. The first-order valence-electron chi connectivity index (χ1n) is 9.93. The maximum absolute atomic E-state index is 12.1. The van der Waals surface area contributed by atoms with Crippen molar-refractivity contribution in [3.8, 4) is 11.5 Å². The quantitative estimate of drug-likeness (QED) is 0.280. The highest BCUT2D eigenvalue weighted by molar-refractivity contribution is 6.35. The number of benzene rings is 2. The highest BCUT2D eigenvalue weighted by atomic mass is 35.5. The highest BCUT2D eigenvalue weighted by Gasteiger charge is 2.16. The van der Waals surface area contributed by atoms with E-state index >= 15 is 0 Å². The largest absolute Gasteiger partial charge is 0.493 e. The van der Waals surface area contributed by atoms with Crippen LogP contribution >= 0.6 is 23.2 Å². The Morgan fingerprint density at radius 3 is 2.45 bits per heavy atom. The molecule has 11 heteroatoms. The molecule has 0 bridgehead atoms. The van der Waals surface area contributed by atoms with Gasteiger partial charge in [-0.25, -0.2) is 5.43 Å². The van der Waals surface area contributed by atoms with Crippen LogP contribution in [0.15, 0.2) is 41.5 Å². The van der Waals surface area contributed by atoms with Crippen LogP contribution in [0.4, 0.5) is 5.69 Å². The van der Waals surface area contributed by atoms with Crippen molar-refractivity contribution in [3.05, 3.63) is 52.0 Å². The molecule has 2 aromatic rings. The molecule has 1 atom stereocenters. The van der Waals surface area contributed by atoms with E-state index in [1.54, 1.807) is 37.3 Å². The van der Waals surface area contributed by atoms with Crippen molar-refractivity contribution >= 4 is 52.8 Å². The van der Waals surface area contributed by atoms with E-state index in [0.717, 1.165) is 0 Å². The van der Waals surface area contributed by atoms with Gasteiger partial charge in [-0.3, -0.25) is 14.4 Å². The second-order valence-electron chi connectivity index (χ2n) is 6.86. The van der Waals surface area contributed by atoms with Crippen molar-refractivity contribution in [3.63, 3.8) is 0 Å². The van der Waals surface area contributed by atoms with Crippen LogP contribution in [-0.2, 0) is 14.4 Å². The van der Waals surface area contributed by atoms with E-state index in [-0.39, 0.29) is 29.2 Å².